The topological polar surface area (TPSA) is 53.1 Å². The lowest BCUT2D eigenvalue weighted by Gasteiger charge is -2.11. The highest BCUT2D eigenvalue weighted by atomic mass is 16.5. The Morgan fingerprint density at radius 2 is 1.65 bits per heavy atom. The Kier molecular flexibility index (Phi) is 4.02. The quantitative estimate of drug-likeness (QED) is 0.371. The van der Waals surface area contributed by atoms with E-state index in [1.807, 2.05) is 49.3 Å². The first kappa shape index (κ1) is 13.6. The maximum atomic E-state index is 12.0. The second kappa shape index (κ2) is 5.89. The lowest BCUT2D eigenvalue weighted by molar-refractivity contribution is -0.354. The maximum absolute atomic E-state index is 12.0. The molecule has 0 saturated heterocycles. The molecule has 0 aromatic heterocycles. The number of benzene rings is 2. The third-order valence-electron chi connectivity index (χ3n) is 2.93. The third kappa shape index (κ3) is 3.15. The third-order valence-corrected chi connectivity index (χ3v) is 2.93. The summed E-state index contributed by atoms with van der Waals surface area (Å²) in [5.74, 6) is 0. The molecule has 4 nitrogen and oxygen atoms in total. The molecular weight excluding hydrogens is 250 g/mol. The monoisotopic (exact) mass is 265 g/mol. The summed E-state index contributed by atoms with van der Waals surface area (Å²) in [7, 11) is 3.94. The summed E-state index contributed by atoms with van der Waals surface area (Å²) in [6.45, 7) is 0. The van der Waals surface area contributed by atoms with Gasteiger partial charge in [0, 0.05) is 37.5 Å². The Balaban J connectivity index is 2.22. The van der Waals surface area contributed by atoms with Gasteiger partial charge in [-0.2, -0.15) is 10.0 Å². The van der Waals surface area contributed by atoms with Gasteiger partial charge >= 0.3 is 0 Å². The van der Waals surface area contributed by atoms with E-state index in [0.29, 0.717) is 11.3 Å². The van der Waals surface area contributed by atoms with E-state index in [4.69, 9.17) is 5.26 Å². The van der Waals surface area contributed by atoms with Crippen LogP contribution >= 0.6 is 0 Å². The summed E-state index contributed by atoms with van der Waals surface area (Å²) in [4.78, 5) is 2.00. The van der Waals surface area contributed by atoms with Crippen LogP contribution in [0.15, 0.2) is 48.5 Å². The van der Waals surface area contributed by atoms with Crippen molar-refractivity contribution in [2.75, 3.05) is 19.0 Å². The van der Waals surface area contributed by atoms with E-state index >= 15 is 0 Å². The van der Waals surface area contributed by atoms with E-state index in [1.54, 1.807) is 24.3 Å². The van der Waals surface area contributed by atoms with E-state index in [2.05, 4.69) is 0 Å². The molecule has 0 bridgehead atoms. The maximum Gasteiger partial charge on any atom is 0.216 e. The van der Waals surface area contributed by atoms with Gasteiger partial charge in [-0.3, -0.25) is 0 Å². The average Bonchev–Trinajstić information content (AvgIpc) is 2.48. The van der Waals surface area contributed by atoms with Gasteiger partial charge in [-0.15, -0.1) is 0 Å². The molecule has 0 heterocycles. The van der Waals surface area contributed by atoms with Crippen LogP contribution in [0.3, 0.4) is 0 Å². The van der Waals surface area contributed by atoms with Crippen LogP contribution in [0.5, 0.6) is 0 Å². The van der Waals surface area contributed by atoms with E-state index in [9.17, 15) is 5.21 Å². The zero-order chi connectivity index (χ0) is 14.5. The smallest absolute Gasteiger partial charge is 0.216 e. The van der Waals surface area contributed by atoms with E-state index < -0.39 is 0 Å². The van der Waals surface area contributed by atoms with Crippen molar-refractivity contribution in [1.82, 2.24) is 0 Å². The molecule has 0 aliphatic rings. The summed E-state index contributed by atoms with van der Waals surface area (Å²) < 4.78 is 0.797. The van der Waals surface area contributed by atoms with Crippen molar-refractivity contribution in [1.29, 1.82) is 5.26 Å². The fourth-order valence-corrected chi connectivity index (χ4v) is 1.75. The van der Waals surface area contributed by atoms with Crippen molar-refractivity contribution in [2.24, 2.45) is 0 Å². The molecule has 0 fully saturated rings. The molecule has 0 spiro atoms. The Morgan fingerprint density at radius 1 is 1.05 bits per heavy atom. The Bertz CT molecular complexity index is 650. The standard InChI is InChI=1S/C16H15N3O/c1-18(2)15-7-5-14(6-8-15)12-19(20)16-9-3-13(11-17)4-10-16/h3-10,12H,1-2H3. The minimum Gasteiger partial charge on any atom is -0.618 e. The second-order valence-corrected chi connectivity index (χ2v) is 4.60. The Labute approximate surface area is 118 Å². The number of hydrogen-bond acceptors (Lipinski definition) is 3. The van der Waals surface area contributed by atoms with Crippen LogP contribution in [0.2, 0.25) is 0 Å². The lowest BCUT2D eigenvalue weighted by atomic mass is 10.2. The van der Waals surface area contributed by atoms with Gasteiger partial charge in [-0.25, -0.2) is 0 Å². The minimum atomic E-state index is 0.501. The molecule has 100 valence electrons. The molecule has 0 amide bonds. The fourth-order valence-electron chi connectivity index (χ4n) is 1.75. The van der Waals surface area contributed by atoms with Crippen molar-refractivity contribution in [3.05, 3.63) is 64.9 Å². The molecule has 2 rings (SSSR count). The summed E-state index contributed by atoms with van der Waals surface area (Å²) in [5, 5.41) is 20.7. The minimum absolute atomic E-state index is 0.501. The lowest BCUT2D eigenvalue weighted by Crippen LogP contribution is -2.08. The van der Waals surface area contributed by atoms with Crippen LogP contribution < -0.4 is 4.90 Å². The number of nitriles is 1. The summed E-state index contributed by atoms with van der Waals surface area (Å²) >= 11 is 0. The first-order chi connectivity index (χ1) is 9.60. The first-order valence-electron chi connectivity index (χ1n) is 6.19. The molecule has 2 aromatic rings. The molecule has 0 aliphatic carbocycles. The van der Waals surface area contributed by atoms with Crippen molar-refractivity contribution in [2.45, 2.75) is 0 Å². The molecule has 0 saturated carbocycles. The molecule has 4 heteroatoms. The van der Waals surface area contributed by atoms with Crippen LogP contribution in [0.25, 0.3) is 0 Å². The van der Waals surface area contributed by atoms with Crippen molar-refractivity contribution in [3.63, 3.8) is 0 Å². The Hall–Kier alpha value is -2.80. The molecular formula is C16H15N3O. The van der Waals surface area contributed by atoms with Gasteiger partial charge in [-0.05, 0) is 36.4 Å². The zero-order valence-corrected chi connectivity index (χ0v) is 11.4. The van der Waals surface area contributed by atoms with Crippen LogP contribution in [0.4, 0.5) is 11.4 Å². The number of hydrogen-bond donors (Lipinski definition) is 0. The highest BCUT2D eigenvalue weighted by Crippen LogP contribution is 2.14. The van der Waals surface area contributed by atoms with Crippen LogP contribution in [-0.4, -0.2) is 25.0 Å². The molecule has 2 aromatic carbocycles. The molecule has 20 heavy (non-hydrogen) atoms. The second-order valence-electron chi connectivity index (χ2n) is 4.60. The molecule has 0 N–H and O–H groups in total. The van der Waals surface area contributed by atoms with Crippen molar-refractivity contribution >= 4 is 17.6 Å². The van der Waals surface area contributed by atoms with E-state index in [0.717, 1.165) is 16.0 Å². The normalized spacial score (nSPS) is 10.9. The average molecular weight is 265 g/mol. The molecule has 0 radical (unpaired) electrons. The zero-order valence-electron chi connectivity index (χ0n) is 11.4. The Morgan fingerprint density at radius 3 is 2.15 bits per heavy atom. The van der Waals surface area contributed by atoms with Gasteiger partial charge in [-0.1, -0.05) is 0 Å². The SMILES string of the molecule is CN(C)c1ccc(C=[N+]([O-])c2ccc(C#N)cc2)cc1. The van der Waals surface area contributed by atoms with Crippen LogP contribution in [0.1, 0.15) is 11.1 Å². The van der Waals surface area contributed by atoms with Gasteiger partial charge in [0.2, 0.25) is 5.69 Å². The van der Waals surface area contributed by atoms with Crippen molar-refractivity contribution in [3.8, 4) is 6.07 Å². The van der Waals surface area contributed by atoms with Gasteiger partial charge in [0.1, 0.15) is 0 Å². The highest BCUT2D eigenvalue weighted by Gasteiger charge is 2.02. The van der Waals surface area contributed by atoms with Crippen LogP contribution in [-0.2, 0) is 0 Å². The largest absolute Gasteiger partial charge is 0.618 e. The van der Waals surface area contributed by atoms with E-state index in [1.165, 1.54) is 6.21 Å². The summed E-state index contributed by atoms with van der Waals surface area (Å²) in [5.41, 5.74) is 2.95. The first-order valence-corrected chi connectivity index (χ1v) is 6.19. The number of nitrogens with zero attached hydrogens (tertiary/aromatic N) is 3. The fraction of sp³-hybridized carbons (Fsp3) is 0.125. The number of anilines is 1. The summed E-state index contributed by atoms with van der Waals surface area (Å²) in [6.07, 6.45) is 1.51. The highest BCUT2D eigenvalue weighted by molar-refractivity contribution is 5.77. The summed E-state index contributed by atoms with van der Waals surface area (Å²) in [6, 6.07) is 16.2. The molecule has 0 unspecified atom stereocenters. The van der Waals surface area contributed by atoms with Gasteiger partial charge in [0.25, 0.3) is 0 Å². The molecule has 0 aliphatic heterocycles. The molecule has 0 atom stereocenters. The van der Waals surface area contributed by atoms with Crippen LogP contribution in [0, 0.1) is 16.5 Å². The van der Waals surface area contributed by atoms with Gasteiger partial charge in [0.15, 0.2) is 6.21 Å². The van der Waals surface area contributed by atoms with E-state index in [-0.39, 0.29) is 0 Å². The van der Waals surface area contributed by atoms with Gasteiger partial charge < -0.3 is 10.1 Å². The predicted molar refractivity (Wildman–Crippen MR) is 80.4 cm³/mol. The van der Waals surface area contributed by atoms with Gasteiger partial charge in [0.05, 0.1) is 11.6 Å². The number of rotatable bonds is 3. The predicted octanol–water partition coefficient (Wildman–Crippen LogP) is 2.89. The van der Waals surface area contributed by atoms with Crippen molar-refractivity contribution < 1.29 is 4.74 Å².